The first-order chi connectivity index (χ1) is 14.7. The van der Waals surface area contributed by atoms with Crippen molar-refractivity contribution in [3.8, 4) is 17.3 Å². The van der Waals surface area contributed by atoms with Crippen LogP contribution in [0.3, 0.4) is 0 Å². The summed E-state index contributed by atoms with van der Waals surface area (Å²) in [5.74, 6) is 2.85. The van der Waals surface area contributed by atoms with Gasteiger partial charge in [-0.3, -0.25) is 9.58 Å². The van der Waals surface area contributed by atoms with E-state index in [-0.39, 0.29) is 0 Å². The van der Waals surface area contributed by atoms with E-state index < -0.39 is 0 Å². The Hall–Kier alpha value is -2.73. The van der Waals surface area contributed by atoms with Crippen LogP contribution in [0.15, 0.2) is 48.7 Å². The van der Waals surface area contributed by atoms with Crippen molar-refractivity contribution in [2.75, 3.05) is 19.7 Å². The number of hydrogen-bond acceptors (Lipinski definition) is 5. The van der Waals surface area contributed by atoms with E-state index in [9.17, 15) is 0 Å². The van der Waals surface area contributed by atoms with E-state index in [2.05, 4.69) is 50.5 Å². The van der Waals surface area contributed by atoms with Crippen LogP contribution in [0, 0.1) is 24.7 Å². The minimum atomic E-state index is 0.612. The van der Waals surface area contributed by atoms with Crippen LogP contribution in [0.4, 0.5) is 0 Å². The van der Waals surface area contributed by atoms with Gasteiger partial charge in [0.1, 0.15) is 5.69 Å². The Labute approximate surface area is 177 Å². The third kappa shape index (κ3) is 3.97. The van der Waals surface area contributed by atoms with Gasteiger partial charge in [-0.25, -0.2) is 0 Å². The first-order valence-electron chi connectivity index (χ1n) is 10.9. The highest BCUT2D eigenvalue weighted by molar-refractivity contribution is 5.58. The van der Waals surface area contributed by atoms with Gasteiger partial charge < -0.3 is 4.74 Å². The van der Waals surface area contributed by atoms with Crippen molar-refractivity contribution in [3.63, 3.8) is 0 Å². The number of aromatic nitrogens is 4. The number of nitrogens with zero attached hydrogens (tertiary/aromatic N) is 5. The summed E-state index contributed by atoms with van der Waals surface area (Å²) < 4.78 is 7.83. The van der Waals surface area contributed by atoms with Crippen LogP contribution in [-0.2, 0) is 13.6 Å². The summed E-state index contributed by atoms with van der Waals surface area (Å²) in [6, 6.07) is 14.7. The molecule has 1 saturated carbocycles. The molecule has 0 N–H and O–H groups in total. The molecule has 6 heteroatoms. The minimum absolute atomic E-state index is 0.612. The average molecular weight is 404 g/mol. The molecule has 0 radical (unpaired) electrons. The topological polar surface area (TPSA) is 56.1 Å². The van der Waals surface area contributed by atoms with Gasteiger partial charge in [0.2, 0.25) is 5.88 Å². The molecule has 6 nitrogen and oxygen atoms in total. The van der Waals surface area contributed by atoms with Crippen molar-refractivity contribution in [1.82, 2.24) is 24.9 Å². The maximum atomic E-state index is 6.00. The van der Waals surface area contributed by atoms with Crippen molar-refractivity contribution in [3.05, 3.63) is 59.8 Å². The third-order valence-corrected chi connectivity index (χ3v) is 6.64. The van der Waals surface area contributed by atoms with Gasteiger partial charge in [0.05, 0.1) is 18.5 Å². The van der Waals surface area contributed by atoms with Gasteiger partial charge in [0, 0.05) is 32.7 Å². The zero-order valence-corrected chi connectivity index (χ0v) is 17.7. The molecule has 2 aromatic heterocycles. The standard InChI is InChI=1S/C24H29N5O/c1-17-12-25-28(2)24(17)22-8-9-23(27-26-22)30-16-19-10-20-14-29(15-21(20)11-19)13-18-6-4-3-5-7-18/h3-9,12,19-21H,10-11,13-16H2,1-2H3. The van der Waals surface area contributed by atoms with Crippen molar-refractivity contribution in [2.45, 2.75) is 26.3 Å². The van der Waals surface area contributed by atoms with E-state index in [1.165, 1.54) is 31.5 Å². The molecule has 5 rings (SSSR count). The fourth-order valence-electron chi connectivity index (χ4n) is 5.27. The Morgan fingerprint density at radius 1 is 1.00 bits per heavy atom. The molecular formula is C24H29N5O. The monoisotopic (exact) mass is 403 g/mol. The molecule has 2 aliphatic rings. The molecule has 156 valence electrons. The second-order valence-electron chi connectivity index (χ2n) is 8.90. The van der Waals surface area contributed by atoms with Crippen molar-refractivity contribution >= 4 is 0 Å². The van der Waals surface area contributed by atoms with Crippen LogP contribution in [-0.4, -0.2) is 44.6 Å². The molecule has 0 spiro atoms. The molecule has 2 atom stereocenters. The van der Waals surface area contributed by atoms with Gasteiger partial charge in [-0.1, -0.05) is 30.3 Å². The number of ether oxygens (including phenoxy) is 1. The van der Waals surface area contributed by atoms with Crippen LogP contribution >= 0.6 is 0 Å². The van der Waals surface area contributed by atoms with Crippen LogP contribution in [0.5, 0.6) is 5.88 Å². The average Bonchev–Trinajstić information content (AvgIpc) is 3.41. The Bertz CT molecular complexity index is 951. The third-order valence-electron chi connectivity index (χ3n) is 6.64. The molecule has 2 unspecified atom stereocenters. The molecule has 0 bridgehead atoms. The quantitative estimate of drug-likeness (QED) is 0.628. The lowest BCUT2D eigenvalue weighted by Gasteiger charge is -2.19. The predicted molar refractivity (Wildman–Crippen MR) is 116 cm³/mol. The summed E-state index contributed by atoms with van der Waals surface area (Å²) in [7, 11) is 1.92. The van der Waals surface area contributed by atoms with Gasteiger partial charge in [0.25, 0.3) is 0 Å². The van der Waals surface area contributed by atoms with E-state index >= 15 is 0 Å². The second-order valence-corrected chi connectivity index (χ2v) is 8.90. The van der Waals surface area contributed by atoms with Gasteiger partial charge in [0.15, 0.2) is 0 Å². The summed E-state index contributed by atoms with van der Waals surface area (Å²) in [5, 5.41) is 12.9. The maximum absolute atomic E-state index is 6.00. The first kappa shape index (κ1) is 19.2. The summed E-state index contributed by atoms with van der Waals surface area (Å²) in [5.41, 5.74) is 4.34. The molecule has 3 heterocycles. The lowest BCUT2D eigenvalue weighted by Crippen LogP contribution is -2.22. The van der Waals surface area contributed by atoms with E-state index in [1.807, 2.05) is 37.0 Å². The number of likely N-dealkylation sites (tertiary alicyclic amines) is 1. The van der Waals surface area contributed by atoms with E-state index in [0.717, 1.165) is 41.9 Å². The fourth-order valence-corrected chi connectivity index (χ4v) is 5.27. The zero-order chi connectivity index (χ0) is 20.5. The van der Waals surface area contributed by atoms with Crippen LogP contribution < -0.4 is 4.74 Å². The molecule has 30 heavy (non-hydrogen) atoms. The number of hydrogen-bond donors (Lipinski definition) is 0. The van der Waals surface area contributed by atoms with E-state index in [4.69, 9.17) is 4.74 Å². The highest BCUT2D eigenvalue weighted by Crippen LogP contribution is 2.42. The Kier molecular flexibility index (Phi) is 5.25. The van der Waals surface area contributed by atoms with Gasteiger partial charge in [-0.15, -0.1) is 10.2 Å². The number of rotatable bonds is 6. The van der Waals surface area contributed by atoms with E-state index in [1.54, 1.807) is 0 Å². The summed E-state index contributed by atoms with van der Waals surface area (Å²) >= 11 is 0. The molecule has 1 aliphatic heterocycles. The highest BCUT2D eigenvalue weighted by atomic mass is 16.5. The Morgan fingerprint density at radius 2 is 1.77 bits per heavy atom. The summed E-state index contributed by atoms with van der Waals surface area (Å²) in [4.78, 5) is 2.62. The molecular weight excluding hydrogens is 374 g/mol. The van der Waals surface area contributed by atoms with Crippen LogP contribution in [0.2, 0.25) is 0 Å². The lowest BCUT2D eigenvalue weighted by atomic mass is 10.0. The molecule has 1 saturated heterocycles. The second kappa shape index (κ2) is 8.19. The van der Waals surface area contributed by atoms with Crippen molar-refractivity contribution < 1.29 is 4.74 Å². The zero-order valence-electron chi connectivity index (χ0n) is 17.7. The number of aryl methyl sites for hydroxylation is 2. The Balaban J connectivity index is 1.11. The normalized spacial score (nSPS) is 23.6. The number of benzene rings is 1. The van der Waals surface area contributed by atoms with E-state index in [0.29, 0.717) is 11.8 Å². The largest absolute Gasteiger partial charge is 0.476 e. The minimum Gasteiger partial charge on any atom is -0.476 e. The van der Waals surface area contributed by atoms with Gasteiger partial charge in [-0.05, 0) is 54.7 Å². The fraction of sp³-hybridized carbons (Fsp3) is 0.458. The predicted octanol–water partition coefficient (Wildman–Crippen LogP) is 3.72. The molecule has 1 aliphatic carbocycles. The lowest BCUT2D eigenvalue weighted by molar-refractivity contribution is 0.219. The summed E-state index contributed by atoms with van der Waals surface area (Å²) in [6.45, 7) is 6.28. The van der Waals surface area contributed by atoms with Crippen molar-refractivity contribution in [2.24, 2.45) is 24.8 Å². The summed E-state index contributed by atoms with van der Waals surface area (Å²) in [6.07, 6.45) is 4.37. The first-order valence-corrected chi connectivity index (χ1v) is 10.9. The van der Waals surface area contributed by atoms with Gasteiger partial charge in [-0.2, -0.15) is 5.10 Å². The number of fused-ring (bicyclic) bond motifs is 1. The highest BCUT2D eigenvalue weighted by Gasteiger charge is 2.40. The van der Waals surface area contributed by atoms with Crippen LogP contribution in [0.1, 0.15) is 24.0 Å². The van der Waals surface area contributed by atoms with Gasteiger partial charge >= 0.3 is 0 Å². The van der Waals surface area contributed by atoms with Crippen LogP contribution in [0.25, 0.3) is 11.4 Å². The molecule has 0 amide bonds. The van der Waals surface area contributed by atoms with Crippen molar-refractivity contribution in [1.29, 1.82) is 0 Å². The Morgan fingerprint density at radius 3 is 2.40 bits per heavy atom. The molecule has 2 fully saturated rings. The maximum Gasteiger partial charge on any atom is 0.233 e. The SMILES string of the molecule is Cc1cnn(C)c1-c1ccc(OCC2CC3CN(Cc4ccccc4)CC3C2)nn1. The smallest absolute Gasteiger partial charge is 0.233 e. The molecule has 1 aromatic carbocycles. The molecule has 3 aromatic rings.